The number of phosphoric ester groups is 1. The Morgan fingerprint density at radius 3 is 1.65 bits per heavy atom. The molecule has 1 N–H and O–H groups in total. The van der Waals surface area contributed by atoms with Crippen LogP contribution in [0.1, 0.15) is 162 Å². The molecule has 0 radical (unpaired) electrons. The summed E-state index contributed by atoms with van der Waals surface area (Å²) in [6.45, 7) is 5.60. The number of nitrogens with zero attached hydrogens (tertiary/aromatic N) is 1. The third kappa shape index (κ3) is 34.6. The molecule has 0 aliphatic carbocycles. The van der Waals surface area contributed by atoms with Crippen LogP contribution in [0.25, 0.3) is 0 Å². The van der Waals surface area contributed by atoms with Crippen molar-refractivity contribution in [3.05, 3.63) is 12.2 Å². The number of hydrogen-bond acceptors (Lipinski definition) is 6. The molecule has 0 spiro atoms. The van der Waals surface area contributed by atoms with Crippen LogP contribution in [0, 0.1) is 0 Å². The third-order valence-electron chi connectivity index (χ3n) is 8.08. The van der Waals surface area contributed by atoms with Crippen molar-refractivity contribution in [3.63, 3.8) is 0 Å². The predicted molar refractivity (Wildman–Crippen MR) is 192 cm³/mol. The number of phosphoric acid groups is 1. The zero-order valence-electron chi connectivity index (χ0n) is 30.8. The van der Waals surface area contributed by atoms with Gasteiger partial charge in [0.2, 0.25) is 0 Å². The molecule has 46 heavy (non-hydrogen) atoms. The van der Waals surface area contributed by atoms with Gasteiger partial charge in [-0.1, -0.05) is 129 Å². The average Bonchev–Trinajstić information content (AvgIpc) is 2.99. The number of ether oxygens (including phenoxy) is 2. The first-order chi connectivity index (χ1) is 22.1. The van der Waals surface area contributed by atoms with E-state index in [1.807, 2.05) is 21.1 Å². The van der Waals surface area contributed by atoms with Crippen LogP contribution < -0.4 is 0 Å². The SMILES string of the molecule is CCCCCCC/C=C\CCCCCCCC(=O)OC(COCCCCCCCCCCCC)COP(=O)(O)OCC[N+](C)(C)C. The summed E-state index contributed by atoms with van der Waals surface area (Å²) in [5.74, 6) is -0.322. The monoisotopic (exact) mass is 677 g/mol. The van der Waals surface area contributed by atoms with E-state index in [-0.39, 0.29) is 25.8 Å². The number of carbonyl (C=O) groups is 1. The van der Waals surface area contributed by atoms with Crippen LogP contribution in [-0.2, 0) is 27.9 Å². The lowest BCUT2D eigenvalue weighted by Gasteiger charge is -2.24. The van der Waals surface area contributed by atoms with Crippen LogP contribution in [0.3, 0.4) is 0 Å². The fourth-order valence-corrected chi connectivity index (χ4v) is 5.82. The fraction of sp³-hybridized carbons (Fsp3) is 0.919. The first kappa shape index (κ1) is 45.2. The first-order valence-corrected chi connectivity index (χ1v) is 20.4. The van der Waals surface area contributed by atoms with Gasteiger partial charge in [0, 0.05) is 13.0 Å². The molecule has 0 fully saturated rings. The molecular formula is C37H75NO7P+. The van der Waals surface area contributed by atoms with Gasteiger partial charge in [0.25, 0.3) is 0 Å². The summed E-state index contributed by atoms with van der Waals surface area (Å²) in [5.41, 5.74) is 0. The molecule has 0 rings (SSSR count). The van der Waals surface area contributed by atoms with Crippen molar-refractivity contribution in [1.82, 2.24) is 0 Å². The van der Waals surface area contributed by atoms with Crippen molar-refractivity contribution in [2.24, 2.45) is 0 Å². The molecule has 0 bridgehead atoms. The molecule has 0 heterocycles. The first-order valence-electron chi connectivity index (χ1n) is 18.9. The Morgan fingerprint density at radius 1 is 0.652 bits per heavy atom. The minimum Gasteiger partial charge on any atom is -0.457 e. The Kier molecular flexibility index (Phi) is 31.0. The van der Waals surface area contributed by atoms with E-state index in [9.17, 15) is 14.3 Å². The smallest absolute Gasteiger partial charge is 0.457 e. The number of carbonyl (C=O) groups excluding carboxylic acids is 1. The number of esters is 1. The molecule has 2 unspecified atom stereocenters. The van der Waals surface area contributed by atoms with Crippen LogP contribution in [0.15, 0.2) is 12.2 Å². The van der Waals surface area contributed by atoms with Gasteiger partial charge >= 0.3 is 13.8 Å². The molecule has 0 aromatic carbocycles. The summed E-state index contributed by atoms with van der Waals surface area (Å²) in [6.07, 6.45) is 30.9. The van der Waals surface area contributed by atoms with Crippen molar-refractivity contribution < 1.29 is 37.3 Å². The topological polar surface area (TPSA) is 91.3 Å². The Balaban J connectivity index is 4.30. The molecular weight excluding hydrogens is 601 g/mol. The molecule has 0 amide bonds. The molecule has 274 valence electrons. The largest absolute Gasteiger partial charge is 0.472 e. The minimum atomic E-state index is -4.26. The van der Waals surface area contributed by atoms with Crippen molar-refractivity contribution in [2.45, 2.75) is 168 Å². The Morgan fingerprint density at radius 2 is 1.13 bits per heavy atom. The van der Waals surface area contributed by atoms with E-state index < -0.39 is 13.9 Å². The highest BCUT2D eigenvalue weighted by atomic mass is 31.2. The fourth-order valence-electron chi connectivity index (χ4n) is 5.08. The molecule has 9 heteroatoms. The number of hydrogen-bond donors (Lipinski definition) is 1. The lowest BCUT2D eigenvalue weighted by Crippen LogP contribution is -2.37. The van der Waals surface area contributed by atoms with Gasteiger partial charge in [-0.3, -0.25) is 13.8 Å². The second-order valence-corrected chi connectivity index (χ2v) is 15.4. The van der Waals surface area contributed by atoms with E-state index in [1.165, 1.54) is 103 Å². The van der Waals surface area contributed by atoms with Crippen LogP contribution in [-0.4, -0.2) is 75.6 Å². The van der Waals surface area contributed by atoms with E-state index >= 15 is 0 Å². The summed E-state index contributed by atoms with van der Waals surface area (Å²) in [4.78, 5) is 22.7. The van der Waals surface area contributed by atoms with Gasteiger partial charge in [-0.05, 0) is 38.5 Å². The Labute approximate surface area is 284 Å². The van der Waals surface area contributed by atoms with E-state index in [2.05, 4.69) is 26.0 Å². The van der Waals surface area contributed by atoms with Crippen molar-refractivity contribution in [3.8, 4) is 0 Å². The highest BCUT2D eigenvalue weighted by Crippen LogP contribution is 2.43. The van der Waals surface area contributed by atoms with E-state index in [1.54, 1.807) is 0 Å². The van der Waals surface area contributed by atoms with Crippen molar-refractivity contribution in [2.75, 3.05) is 54.1 Å². The van der Waals surface area contributed by atoms with Crippen LogP contribution in [0.5, 0.6) is 0 Å². The van der Waals surface area contributed by atoms with Crippen molar-refractivity contribution in [1.29, 1.82) is 0 Å². The van der Waals surface area contributed by atoms with Gasteiger partial charge in [-0.2, -0.15) is 0 Å². The molecule has 0 saturated carbocycles. The Hall–Kier alpha value is -0.760. The third-order valence-corrected chi connectivity index (χ3v) is 9.06. The average molecular weight is 677 g/mol. The number of likely N-dealkylation sites (N-methyl/N-ethyl adjacent to an activating group) is 1. The van der Waals surface area contributed by atoms with Gasteiger partial charge < -0.3 is 18.9 Å². The Bertz CT molecular complexity index is 756. The highest BCUT2D eigenvalue weighted by molar-refractivity contribution is 7.47. The van der Waals surface area contributed by atoms with Gasteiger partial charge in [-0.25, -0.2) is 4.57 Å². The van der Waals surface area contributed by atoms with Crippen LogP contribution >= 0.6 is 7.82 Å². The number of quaternary nitrogens is 1. The summed E-state index contributed by atoms with van der Waals surface area (Å²) >= 11 is 0. The van der Waals surface area contributed by atoms with Crippen LogP contribution in [0.4, 0.5) is 0 Å². The van der Waals surface area contributed by atoms with Gasteiger partial charge in [-0.15, -0.1) is 0 Å². The molecule has 0 saturated heterocycles. The zero-order valence-corrected chi connectivity index (χ0v) is 31.7. The second-order valence-electron chi connectivity index (χ2n) is 14.0. The summed E-state index contributed by atoms with van der Waals surface area (Å²) in [5, 5.41) is 0. The van der Waals surface area contributed by atoms with Gasteiger partial charge in [0.15, 0.2) is 0 Å². The maximum absolute atomic E-state index is 12.6. The molecule has 0 aromatic rings. The second kappa shape index (κ2) is 31.5. The summed E-state index contributed by atoms with van der Waals surface area (Å²) < 4.78 is 34.8. The van der Waals surface area contributed by atoms with Crippen molar-refractivity contribution >= 4 is 13.8 Å². The molecule has 0 aromatic heterocycles. The highest BCUT2D eigenvalue weighted by Gasteiger charge is 2.26. The number of rotatable bonds is 35. The van der Waals surface area contributed by atoms with Crippen LogP contribution in [0.2, 0.25) is 0 Å². The van der Waals surface area contributed by atoms with E-state index in [0.717, 1.165) is 38.5 Å². The quantitative estimate of drug-likeness (QED) is 0.0235. The standard InChI is InChI=1S/C37H74NO7P/c1-6-8-10-12-14-16-18-19-20-21-22-24-26-28-30-37(39)45-36(35-44-46(40,41)43-33-31-38(3,4)5)34-42-32-29-27-25-23-17-15-13-11-9-7-2/h18-19,36H,6-17,20-35H2,1-5H3/p+1/b19-18-. The van der Waals surface area contributed by atoms with Gasteiger partial charge in [0.05, 0.1) is 34.4 Å². The lowest BCUT2D eigenvalue weighted by molar-refractivity contribution is -0.870. The number of unbranched alkanes of at least 4 members (excludes halogenated alkanes) is 19. The number of allylic oxidation sites excluding steroid dienone is 2. The maximum Gasteiger partial charge on any atom is 0.472 e. The van der Waals surface area contributed by atoms with Gasteiger partial charge in [0.1, 0.15) is 19.3 Å². The van der Waals surface area contributed by atoms with E-state index in [4.69, 9.17) is 18.5 Å². The summed E-state index contributed by atoms with van der Waals surface area (Å²) in [6, 6.07) is 0. The minimum absolute atomic E-state index is 0.0897. The molecule has 0 aliphatic rings. The summed E-state index contributed by atoms with van der Waals surface area (Å²) in [7, 11) is 1.67. The molecule has 2 atom stereocenters. The lowest BCUT2D eigenvalue weighted by atomic mass is 10.1. The maximum atomic E-state index is 12.6. The normalized spacial score (nSPS) is 14.1. The molecule has 0 aliphatic heterocycles. The molecule has 8 nitrogen and oxygen atoms in total. The van der Waals surface area contributed by atoms with E-state index in [0.29, 0.717) is 24.1 Å². The predicted octanol–water partition coefficient (Wildman–Crippen LogP) is 10.3. The zero-order chi connectivity index (χ0) is 34.2.